The van der Waals surface area contributed by atoms with Crippen LogP contribution in [0, 0.1) is 0 Å². The summed E-state index contributed by atoms with van der Waals surface area (Å²) < 4.78 is 16.1. The molecule has 0 atom stereocenters. The van der Waals surface area contributed by atoms with Gasteiger partial charge in [0.2, 0.25) is 5.75 Å². The van der Waals surface area contributed by atoms with Gasteiger partial charge in [-0.2, -0.15) is 0 Å². The lowest BCUT2D eigenvalue weighted by Gasteiger charge is -2.40. The molecule has 0 aliphatic carbocycles. The smallest absolute Gasteiger partial charge is 0.322 e. The predicted molar refractivity (Wildman–Crippen MR) is 116 cm³/mol. The Labute approximate surface area is 181 Å². The Kier molecular flexibility index (Phi) is 5.88. The van der Waals surface area contributed by atoms with E-state index in [1.165, 1.54) is 21.3 Å². The molecular formula is C23H27N3O5. The van der Waals surface area contributed by atoms with Crippen molar-refractivity contribution in [1.29, 1.82) is 0 Å². The molecule has 0 bridgehead atoms. The summed E-state index contributed by atoms with van der Waals surface area (Å²) in [5.74, 6) is 1.26. The van der Waals surface area contributed by atoms with Crippen LogP contribution in [0.1, 0.15) is 28.8 Å². The molecule has 0 saturated carbocycles. The molecule has 2 aliphatic heterocycles. The molecule has 0 radical (unpaired) electrons. The second-order valence-corrected chi connectivity index (χ2v) is 7.65. The molecular weight excluding hydrogens is 398 g/mol. The lowest BCUT2D eigenvalue weighted by molar-refractivity contribution is 0.0650. The van der Waals surface area contributed by atoms with E-state index in [-0.39, 0.29) is 18.0 Å². The first-order valence-electron chi connectivity index (χ1n) is 10.3. The highest BCUT2D eigenvalue weighted by molar-refractivity contribution is 5.96. The number of likely N-dealkylation sites (tertiary alicyclic amines) is 1. The number of carbonyl (C=O) groups is 2. The molecule has 1 saturated heterocycles. The maximum Gasteiger partial charge on any atom is 0.322 e. The zero-order valence-corrected chi connectivity index (χ0v) is 18.0. The van der Waals surface area contributed by atoms with Gasteiger partial charge < -0.3 is 29.3 Å². The number of urea groups is 1. The summed E-state index contributed by atoms with van der Waals surface area (Å²) in [6.07, 6.45) is 1.46. The average molecular weight is 425 g/mol. The van der Waals surface area contributed by atoms with Gasteiger partial charge in [-0.15, -0.1) is 0 Å². The van der Waals surface area contributed by atoms with Crippen molar-refractivity contribution in [2.24, 2.45) is 0 Å². The van der Waals surface area contributed by atoms with E-state index in [1.807, 2.05) is 34.1 Å². The van der Waals surface area contributed by atoms with E-state index in [1.54, 1.807) is 12.1 Å². The molecule has 1 fully saturated rings. The van der Waals surface area contributed by atoms with Gasteiger partial charge in [0.15, 0.2) is 11.5 Å². The summed E-state index contributed by atoms with van der Waals surface area (Å²) >= 11 is 0. The highest BCUT2D eigenvalue weighted by Gasteiger charge is 2.33. The van der Waals surface area contributed by atoms with Crippen LogP contribution < -0.4 is 19.5 Å². The monoisotopic (exact) mass is 425 g/mol. The van der Waals surface area contributed by atoms with E-state index in [2.05, 4.69) is 5.32 Å². The summed E-state index contributed by atoms with van der Waals surface area (Å²) in [5, 5.41) is 2.97. The van der Waals surface area contributed by atoms with Crippen molar-refractivity contribution in [3.8, 4) is 17.2 Å². The number of para-hydroxylation sites is 1. The van der Waals surface area contributed by atoms with E-state index in [9.17, 15) is 9.59 Å². The highest BCUT2D eigenvalue weighted by Crippen LogP contribution is 2.38. The van der Waals surface area contributed by atoms with Crippen LogP contribution >= 0.6 is 0 Å². The standard InChI is InChI=1S/C23H27N3O5/c1-29-19-12-16(13-20(30-2)21(19)31-3)22(27)25-10-8-17(9-11-25)26-14-15-6-4-5-7-18(15)24-23(26)28/h4-7,12-13,17H,8-11,14H2,1-3H3,(H,24,28). The van der Waals surface area contributed by atoms with Crippen LogP contribution in [0.3, 0.4) is 0 Å². The van der Waals surface area contributed by atoms with E-state index < -0.39 is 0 Å². The lowest BCUT2D eigenvalue weighted by atomic mass is 10.00. The van der Waals surface area contributed by atoms with Gasteiger partial charge in [0, 0.05) is 36.9 Å². The fourth-order valence-electron chi connectivity index (χ4n) is 4.29. The van der Waals surface area contributed by atoms with Gasteiger partial charge in [0.1, 0.15) is 0 Å². The van der Waals surface area contributed by atoms with Crippen LogP contribution in [0.5, 0.6) is 17.2 Å². The Morgan fingerprint density at radius 2 is 1.65 bits per heavy atom. The lowest BCUT2D eigenvalue weighted by Crippen LogP contribution is -2.51. The zero-order valence-electron chi connectivity index (χ0n) is 18.0. The third kappa shape index (κ3) is 3.97. The van der Waals surface area contributed by atoms with Crippen molar-refractivity contribution in [3.63, 3.8) is 0 Å². The van der Waals surface area contributed by atoms with Gasteiger partial charge in [-0.1, -0.05) is 18.2 Å². The largest absolute Gasteiger partial charge is 0.493 e. The molecule has 0 spiro atoms. The number of piperidine rings is 1. The summed E-state index contributed by atoms with van der Waals surface area (Å²) in [7, 11) is 4.58. The highest BCUT2D eigenvalue weighted by atomic mass is 16.5. The van der Waals surface area contributed by atoms with Gasteiger partial charge >= 0.3 is 6.03 Å². The third-order valence-corrected chi connectivity index (χ3v) is 5.96. The fourth-order valence-corrected chi connectivity index (χ4v) is 4.29. The number of nitrogens with one attached hydrogen (secondary N) is 1. The van der Waals surface area contributed by atoms with Crippen LogP contribution in [0.15, 0.2) is 36.4 Å². The fraction of sp³-hybridized carbons (Fsp3) is 0.391. The molecule has 2 aromatic carbocycles. The molecule has 0 unspecified atom stereocenters. The quantitative estimate of drug-likeness (QED) is 0.795. The zero-order chi connectivity index (χ0) is 22.0. The summed E-state index contributed by atoms with van der Waals surface area (Å²) in [6, 6.07) is 11.2. The Balaban J connectivity index is 1.44. The molecule has 2 aromatic rings. The van der Waals surface area contributed by atoms with Crippen molar-refractivity contribution in [3.05, 3.63) is 47.5 Å². The number of benzene rings is 2. The normalized spacial score (nSPS) is 16.4. The maximum atomic E-state index is 13.1. The van der Waals surface area contributed by atoms with E-state index in [4.69, 9.17) is 14.2 Å². The number of fused-ring (bicyclic) bond motifs is 1. The number of hydrogen-bond acceptors (Lipinski definition) is 5. The first-order valence-corrected chi connectivity index (χ1v) is 10.3. The first kappa shape index (κ1) is 20.8. The number of ether oxygens (including phenoxy) is 3. The molecule has 164 valence electrons. The van der Waals surface area contributed by atoms with Crippen LogP contribution in [-0.4, -0.2) is 62.2 Å². The van der Waals surface area contributed by atoms with Crippen molar-refractivity contribution in [2.45, 2.75) is 25.4 Å². The topological polar surface area (TPSA) is 80.3 Å². The number of anilines is 1. The summed E-state index contributed by atoms with van der Waals surface area (Å²) in [4.78, 5) is 29.4. The number of carbonyl (C=O) groups excluding carboxylic acids is 2. The second-order valence-electron chi connectivity index (χ2n) is 7.65. The van der Waals surface area contributed by atoms with Crippen molar-refractivity contribution >= 4 is 17.6 Å². The number of hydrogen-bond donors (Lipinski definition) is 1. The molecule has 0 aromatic heterocycles. The average Bonchev–Trinajstić information content (AvgIpc) is 2.82. The molecule has 31 heavy (non-hydrogen) atoms. The summed E-state index contributed by atoms with van der Waals surface area (Å²) in [5.41, 5.74) is 2.47. The van der Waals surface area contributed by atoms with E-state index in [0.717, 1.165) is 24.1 Å². The molecule has 2 heterocycles. The Morgan fingerprint density at radius 3 is 2.26 bits per heavy atom. The maximum absolute atomic E-state index is 13.1. The molecule has 1 N–H and O–H groups in total. The number of amides is 3. The van der Waals surface area contributed by atoms with Gasteiger partial charge in [-0.25, -0.2) is 4.79 Å². The van der Waals surface area contributed by atoms with Gasteiger partial charge in [0.25, 0.3) is 5.91 Å². The molecule has 2 aliphatic rings. The van der Waals surface area contributed by atoms with Crippen molar-refractivity contribution in [2.75, 3.05) is 39.7 Å². The van der Waals surface area contributed by atoms with Gasteiger partial charge in [-0.05, 0) is 36.6 Å². The van der Waals surface area contributed by atoms with Gasteiger partial charge in [-0.3, -0.25) is 4.79 Å². The predicted octanol–water partition coefficient (Wildman–Crippen LogP) is 3.36. The molecule has 3 amide bonds. The van der Waals surface area contributed by atoms with E-state index >= 15 is 0 Å². The third-order valence-electron chi connectivity index (χ3n) is 5.96. The molecule has 8 nitrogen and oxygen atoms in total. The van der Waals surface area contributed by atoms with Crippen LogP contribution in [-0.2, 0) is 6.54 Å². The van der Waals surface area contributed by atoms with Crippen LogP contribution in [0.25, 0.3) is 0 Å². The second kappa shape index (κ2) is 8.75. The van der Waals surface area contributed by atoms with E-state index in [0.29, 0.717) is 42.4 Å². The molecule has 8 heteroatoms. The molecule has 4 rings (SSSR count). The van der Waals surface area contributed by atoms with Crippen LogP contribution in [0.2, 0.25) is 0 Å². The summed E-state index contributed by atoms with van der Waals surface area (Å²) in [6.45, 7) is 1.74. The number of nitrogens with zero attached hydrogens (tertiary/aromatic N) is 2. The Morgan fingerprint density at radius 1 is 1.00 bits per heavy atom. The number of rotatable bonds is 5. The minimum atomic E-state index is -0.0915. The SMILES string of the molecule is COc1cc(C(=O)N2CCC(N3Cc4ccccc4NC3=O)CC2)cc(OC)c1OC. The minimum Gasteiger partial charge on any atom is -0.493 e. The minimum absolute atomic E-state index is 0.0758. The number of methoxy groups -OCH3 is 3. The van der Waals surface area contributed by atoms with Crippen LogP contribution in [0.4, 0.5) is 10.5 Å². The Hall–Kier alpha value is -3.42. The first-order chi connectivity index (χ1) is 15.0. The van der Waals surface area contributed by atoms with Crippen molar-refractivity contribution < 1.29 is 23.8 Å². The van der Waals surface area contributed by atoms with Gasteiger partial charge in [0.05, 0.1) is 21.3 Å². The Bertz CT molecular complexity index is 960. The van der Waals surface area contributed by atoms with Crippen molar-refractivity contribution in [1.82, 2.24) is 9.80 Å².